The monoisotopic (exact) mass is 466 g/mol. The number of carbonyl (C=O) groups is 2. The topological polar surface area (TPSA) is 157 Å². The number of unbranched alkanes of at least 4 members (excludes halogenated alkanes) is 1. The molecule has 0 saturated heterocycles. The number of nitrogens with one attached hydrogen (secondary N) is 3. The number of benzene rings is 1. The maximum absolute atomic E-state index is 11.9. The zero-order valence-corrected chi connectivity index (χ0v) is 17.8. The van der Waals surface area contributed by atoms with Crippen LogP contribution in [-0.4, -0.2) is 72.6 Å². The summed E-state index contributed by atoms with van der Waals surface area (Å²) >= 11 is 0. The number of aliphatic carboxylic acids is 1. The van der Waals surface area contributed by atoms with Gasteiger partial charge < -0.3 is 37.0 Å². The highest BCUT2D eigenvalue weighted by Crippen LogP contribution is 2.16. The Morgan fingerprint density at radius 3 is 1.84 bits per heavy atom. The van der Waals surface area contributed by atoms with Crippen LogP contribution in [0, 0.1) is 0 Å². The van der Waals surface area contributed by atoms with Crippen molar-refractivity contribution in [1.82, 2.24) is 16.0 Å². The number of carboxylic acids is 1. The number of phenolic OH excluding ortho intramolecular Hbond substituents is 1. The predicted octanol–water partition coefficient (Wildman–Crippen LogP) is 0.873. The zero-order chi connectivity index (χ0) is 24.4. The Balaban J connectivity index is 0.00000118. The van der Waals surface area contributed by atoms with Crippen molar-refractivity contribution in [3.8, 4) is 5.75 Å². The number of phenols is 1. The highest BCUT2D eigenvalue weighted by atomic mass is 19.4. The minimum absolute atomic E-state index is 0.105. The number of amides is 1. The summed E-state index contributed by atoms with van der Waals surface area (Å²) in [5, 5.41) is 35.7. The van der Waals surface area contributed by atoms with Crippen LogP contribution >= 0.6 is 0 Å². The first kappa shape index (κ1) is 29.6. The molecule has 9 nitrogen and oxygen atoms in total. The first-order chi connectivity index (χ1) is 15.1. The fraction of sp³-hybridized carbons (Fsp3) is 0.600. The van der Waals surface area contributed by atoms with Crippen molar-refractivity contribution < 1.29 is 38.1 Å². The summed E-state index contributed by atoms with van der Waals surface area (Å²) in [6.07, 6.45) is -2.22. The number of nitrogens with two attached hydrogens (primary N) is 1. The molecule has 0 spiro atoms. The lowest BCUT2D eigenvalue weighted by atomic mass is 10.1. The van der Waals surface area contributed by atoms with E-state index in [0.717, 1.165) is 58.4 Å². The molecule has 1 rings (SSSR count). The summed E-state index contributed by atoms with van der Waals surface area (Å²) in [4.78, 5) is 20.7. The number of hydrogen-bond acceptors (Lipinski definition) is 7. The highest BCUT2D eigenvalue weighted by molar-refractivity contribution is 5.81. The van der Waals surface area contributed by atoms with Gasteiger partial charge in [0.25, 0.3) is 5.91 Å². The number of halogens is 3. The van der Waals surface area contributed by atoms with E-state index in [4.69, 9.17) is 15.6 Å². The average molecular weight is 467 g/mol. The van der Waals surface area contributed by atoms with Crippen LogP contribution < -0.4 is 21.7 Å². The molecule has 1 atom stereocenters. The van der Waals surface area contributed by atoms with Gasteiger partial charge in [0.05, 0.1) is 0 Å². The molecule has 12 heteroatoms. The summed E-state index contributed by atoms with van der Waals surface area (Å²) < 4.78 is 31.7. The molecule has 0 saturated carbocycles. The minimum atomic E-state index is -5.08. The first-order valence-corrected chi connectivity index (χ1v) is 10.3. The van der Waals surface area contributed by atoms with E-state index in [1.807, 2.05) is 0 Å². The smallest absolute Gasteiger partial charge is 0.490 e. The van der Waals surface area contributed by atoms with Crippen LogP contribution in [0.15, 0.2) is 24.3 Å². The van der Waals surface area contributed by atoms with Crippen LogP contribution in [0.2, 0.25) is 0 Å². The van der Waals surface area contributed by atoms with Crippen molar-refractivity contribution in [3.05, 3.63) is 29.8 Å². The predicted molar refractivity (Wildman–Crippen MR) is 113 cm³/mol. The van der Waals surface area contributed by atoms with Crippen LogP contribution in [0.1, 0.15) is 37.4 Å². The van der Waals surface area contributed by atoms with E-state index in [1.165, 1.54) is 24.3 Å². The van der Waals surface area contributed by atoms with E-state index in [9.17, 15) is 28.2 Å². The quantitative estimate of drug-likeness (QED) is 0.199. The molecular formula is C20H33F3N4O5. The third-order valence-corrected chi connectivity index (χ3v) is 4.04. The molecule has 0 radical (unpaired) electrons. The minimum Gasteiger partial charge on any atom is -0.508 e. The number of carboxylic acid groups (broad SMARTS) is 1. The normalized spacial score (nSPS) is 11.9. The standard InChI is InChI=1S/C18H32N4O3.C2HF3O2/c19-9-3-12-20-10-1-2-11-21-13-4-14-22-18(25)17(24)15-5-7-16(23)8-6-15;3-2(4,5)1(6)7/h5-8,17,20-21,23-24H,1-4,9-14,19H2,(H,22,25);(H,6,7). The molecule has 184 valence electrons. The van der Waals surface area contributed by atoms with Crippen molar-refractivity contribution in [3.63, 3.8) is 0 Å². The van der Waals surface area contributed by atoms with Crippen molar-refractivity contribution >= 4 is 11.9 Å². The van der Waals surface area contributed by atoms with Gasteiger partial charge in [-0.3, -0.25) is 4.79 Å². The van der Waals surface area contributed by atoms with E-state index in [1.54, 1.807) is 0 Å². The number of alkyl halides is 3. The third kappa shape index (κ3) is 15.4. The van der Waals surface area contributed by atoms with E-state index in [2.05, 4.69) is 16.0 Å². The fourth-order valence-corrected chi connectivity index (χ4v) is 2.31. The van der Waals surface area contributed by atoms with Crippen LogP contribution in [0.5, 0.6) is 5.75 Å². The van der Waals surface area contributed by atoms with Gasteiger partial charge in [0.2, 0.25) is 0 Å². The van der Waals surface area contributed by atoms with Gasteiger partial charge in [0, 0.05) is 6.54 Å². The van der Waals surface area contributed by atoms with Crippen LogP contribution in [-0.2, 0) is 9.59 Å². The molecule has 0 aliphatic rings. The van der Waals surface area contributed by atoms with Gasteiger partial charge in [-0.2, -0.15) is 13.2 Å². The van der Waals surface area contributed by atoms with E-state index in [-0.39, 0.29) is 5.75 Å². The maximum atomic E-state index is 11.9. The van der Waals surface area contributed by atoms with Crippen molar-refractivity contribution in [2.75, 3.05) is 39.3 Å². The Morgan fingerprint density at radius 1 is 0.906 bits per heavy atom. The number of carbonyl (C=O) groups excluding carboxylic acids is 1. The number of hydrogen-bond donors (Lipinski definition) is 7. The molecule has 0 aliphatic carbocycles. The lowest BCUT2D eigenvalue weighted by molar-refractivity contribution is -0.192. The molecule has 0 aliphatic heterocycles. The molecular weight excluding hydrogens is 433 g/mol. The Kier molecular flexibility index (Phi) is 15.9. The van der Waals surface area contributed by atoms with Gasteiger partial charge in [0.15, 0.2) is 6.10 Å². The molecule has 0 aromatic heterocycles. The zero-order valence-electron chi connectivity index (χ0n) is 17.8. The van der Waals surface area contributed by atoms with E-state index < -0.39 is 24.2 Å². The first-order valence-electron chi connectivity index (χ1n) is 10.3. The van der Waals surface area contributed by atoms with Crippen molar-refractivity contribution in [1.29, 1.82) is 0 Å². The Hall–Kier alpha value is -2.41. The van der Waals surface area contributed by atoms with Gasteiger partial charge in [-0.15, -0.1) is 0 Å². The number of rotatable bonds is 14. The van der Waals surface area contributed by atoms with Crippen LogP contribution in [0.25, 0.3) is 0 Å². The molecule has 1 unspecified atom stereocenters. The maximum Gasteiger partial charge on any atom is 0.490 e. The number of aliphatic hydroxyl groups excluding tert-OH is 1. The SMILES string of the molecule is NCCCNCCCCNCCCNC(=O)C(O)c1ccc(O)cc1.O=C(O)C(F)(F)F. The van der Waals surface area contributed by atoms with Gasteiger partial charge in [-0.05, 0) is 76.1 Å². The Bertz CT molecular complexity index is 645. The van der Waals surface area contributed by atoms with Crippen molar-refractivity contribution in [2.45, 2.75) is 38.0 Å². The summed E-state index contributed by atoms with van der Waals surface area (Å²) in [5.41, 5.74) is 5.89. The highest BCUT2D eigenvalue weighted by Gasteiger charge is 2.38. The summed E-state index contributed by atoms with van der Waals surface area (Å²) in [6.45, 7) is 5.05. The van der Waals surface area contributed by atoms with E-state index in [0.29, 0.717) is 12.1 Å². The molecule has 0 heterocycles. The molecule has 8 N–H and O–H groups in total. The van der Waals surface area contributed by atoms with Gasteiger partial charge in [-0.25, -0.2) is 4.79 Å². The van der Waals surface area contributed by atoms with Gasteiger partial charge in [-0.1, -0.05) is 12.1 Å². The molecule has 1 aromatic rings. The Morgan fingerprint density at radius 2 is 1.38 bits per heavy atom. The lowest BCUT2D eigenvalue weighted by Crippen LogP contribution is -2.31. The van der Waals surface area contributed by atoms with Crippen LogP contribution in [0.4, 0.5) is 13.2 Å². The second-order valence-electron chi connectivity index (χ2n) is 6.79. The fourth-order valence-electron chi connectivity index (χ4n) is 2.31. The summed E-state index contributed by atoms with van der Waals surface area (Å²) in [7, 11) is 0. The molecule has 1 aromatic carbocycles. The lowest BCUT2D eigenvalue weighted by Gasteiger charge is -2.12. The second-order valence-corrected chi connectivity index (χ2v) is 6.79. The summed E-state index contributed by atoms with van der Waals surface area (Å²) in [5.74, 6) is -3.07. The van der Waals surface area contributed by atoms with Crippen LogP contribution in [0.3, 0.4) is 0 Å². The van der Waals surface area contributed by atoms with Crippen molar-refractivity contribution in [2.24, 2.45) is 5.73 Å². The largest absolute Gasteiger partial charge is 0.508 e. The Labute approximate surface area is 185 Å². The third-order valence-electron chi connectivity index (χ3n) is 4.04. The molecule has 0 bridgehead atoms. The number of aromatic hydroxyl groups is 1. The van der Waals surface area contributed by atoms with Gasteiger partial charge >= 0.3 is 12.1 Å². The number of aliphatic hydroxyl groups is 1. The summed E-state index contributed by atoms with van der Waals surface area (Å²) in [6, 6.07) is 5.96. The van der Waals surface area contributed by atoms with Gasteiger partial charge in [0.1, 0.15) is 5.75 Å². The molecule has 0 fully saturated rings. The molecule has 32 heavy (non-hydrogen) atoms. The molecule has 1 amide bonds. The second kappa shape index (κ2) is 17.2. The van der Waals surface area contributed by atoms with E-state index >= 15 is 0 Å². The average Bonchev–Trinajstić information content (AvgIpc) is 2.74.